The zero-order valence-electron chi connectivity index (χ0n) is 11.6. The molecule has 1 N–H and O–H groups in total. The van der Waals surface area contributed by atoms with Crippen molar-refractivity contribution in [2.45, 2.75) is 26.8 Å². The fourth-order valence-electron chi connectivity index (χ4n) is 2.23. The van der Waals surface area contributed by atoms with E-state index in [1.54, 1.807) is 0 Å². The van der Waals surface area contributed by atoms with Crippen molar-refractivity contribution in [3.63, 3.8) is 0 Å². The standard InChI is InChI=1S/C13H21N5/c1-10-13(5-6-14-3)11(2)18(16-10)9-12-7-15-17(4)8-12/h7-8,14H,5-6,9H2,1-4H3. The second-order valence-corrected chi connectivity index (χ2v) is 4.68. The van der Waals surface area contributed by atoms with Crippen LogP contribution in [-0.2, 0) is 20.0 Å². The van der Waals surface area contributed by atoms with Crippen LogP contribution in [0.3, 0.4) is 0 Å². The van der Waals surface area contributed by atoms with Gasteiger partial charge in [0, 0.05) is 24.5 Å². The summed E-state index contributed by atoms with van der Waals surface area (Å²) in [7, 11) is 3.91. The lowest BCUT2D eigenvalue weighted by Gasteiger charge is -2.04. The maximum Gasteiger partial charge on any atom is 0.0693 e. The summed E-state index contributed by atoms with van der Waals surface area (Å²) in [5.74, 6) is 0. The Hall–Kier alpha value is -1.62. The number of aromatic nitrogens is 4. The van der Waals surface area contributed by atoms with E-state index in [0.717, 1.165) is 25.2 Å². The van der Waals surface area contributed by atoms with E-state index in [9.17, 15) is 0 Å². The van der Waals surface area contributed by atoms with Gasteiger partial charge in [-0.2, -0.15) is 10.2 Å². The van der Waals surface area contributed by atoms with Gasteiger partial charge in [-0.05, 0) is 39.4 Å². The molecule has 0 saturated heterocycles. The van der Waals surface area contributed by atoms with Gasteiger partial charge in [-0.3, -0.25) is 9.36 Å². The summed E-state index contributed by atoms with van der Waals surface area (Å²) in [5.41, 5.74) is 4.93. The van der Waals surface area contributed by atoms with E-state index in [1.807, 2.05) is 31.2 Å². The molecule has 18 heavy (non-hydrogen) atoms. The lowest BCUT2D eigenvalue weighted by molar-refractivity contribution is 0.656. The fraction of sp³-hybridized carbons (Fsp3) is 0.538. The summed E-state index contributed by atoms with van der Waals surface area (Å²) in [6.45, 7) is 6.00. The average molecular weight is 247 g/mol. The van der Waals surface area contributed by atoms with Gasteiger partial charge in [0.05, 0.1) is 18.4 Å². The van der Waals surface area contributed by atoms with Gasteiger partial charge >= 0.3 is 0 Å². The Morgan fingerprint density at radius 1 is 1.33 bits per heavy atom. The fourth-order valence-corrected chi connectivity index (χ4v) is 2.23. The maximum atomic E-state index is 4.62. The van der Waals surface area contributed by atoms with E-state index in [1.165, 1.54) is 16.8 Å². The van der Waals surface area contributed by atoms with E-state index in [2.05, 4.69) is 34.0 Å². The first-order valence-electron chi connectivity index (χ1n) is 6.27. The molecule has 0 aliphatic carbocycles. The highest BCUT2D eigenvalue weighted by Crippen LogP contribution is 2.14. The molecule has 0 unspecified atom stereocenters. The Labute approximate surface area is 108 Å². The minimum Gasteiger partial charge on any atom is -0.319 e. The normalized spacial score (nSPS) is 11.1. The molecule has 0 aliphatic heterocycles. The molecule has 0 aromatic carbocycles. The van der Waals surface area contributed by atoms with Crippen LogP contribution < -0.4 is 5.32 Å². The SMILES string of the molecule is CNCCc1c(C)nn(Cc2cnn(C)c2)c1C. The Morgan fingerprint density at radius 3 is 2.72 bits per heavy atom. The highest BCUT2D eigenvalue weighted by Gasteiger charge is 2.11. The number of nitrogens with zero attached hydrogens (tertiary/aromatic N) is 4. The summed E-state index contributed by atoms with van der Waals surface area (Å²) < 4.78 is 3.89. The first-order valence-corrected chi connectivity index (χ1v) is 6.27. The molecule has 0 bridgehead atoms. The molecule has 2 heterocycles. The van der Waals surface area contributed by atoms with Gasteiger partial charge in [0.25, 0.3) is 0 Å². The molecule has 0 fully saturated rings. The van der Waals surface area contributed by atoms with Crippen LogP contribution in [0, 0.1) is 13.8 Å². The number of hydrogen-bond acceptors (Lipinski definition) is 3. The van der Waals surface area contributed by atoms with Crippen LogP contribution in [0.5, 0.6) is 0 Å². The van der Waals surface area contributed by atoms with E-state index in [-0.39, 0.29) is 0 Å². The second kappa shape index (κ2) is 5.35. The first-order chi connectivity index (χ1) is 8.61. The molecular weight excluding hydrogens is 226 g/mol. The molecule has 2 rings (SSSR count). The maximum absolute atomic E-state index is 4.62. The molecule has 0 amide bonds. The predicted molar refractivity (Wildman–Crippen MR) is 71.6 cm³/mol. The van der Waals surface area contributed by atoms with Crippen molar-refractivity contribution in [2.75, 3.05) is 13.6 Å². The molecule has 0 saturated carbocycles. The van der Waals surface area contributed by atoms with Crippen molar-refractivity contribution in [3.05, 3.63) is 34.9 Å². The molecule has 5 nitrogen and oxygen atoms in total. The third-order valence-electron chi connectivity index (χ3n) is 3.25. The van der Waals surface area contributed by atoms with Crippen LogP contribution in [0.15, 0.2) is 12.4 Å². The third kappa shape index (κ3) is 2.61. The lowest BCUT2D eigenvalue weighted by atomic mass is 10.1. The highest BCUT2D eigenvalue weighted by molar-refractivity contribution is 5.25. The number of aryl methyl sites for hydroxylation is 2. The van der Waals surface area contributed by atoms with Crippen LogP contribution in [0.1, 0.15) is 22.5 Å². The summed E-state index contributed by atoms with van der Waals surface area (Å²) in [4.78, 5) is 0. The van der Waals surface area contributed by atoms with Crippen LogP contribution in [-0.4, -0.2) is 33.2 Å². The molecule has 5 heteroatoms. The Morgan fingerprint density at radius 2 is 2.11 bits per heavy atom. The second-order valence-electron chi connectivity index (χ2n) is 4.68. The van der Waals surface area contributed by atoms with Gasteiger partial charge in [-0.25, -0.2) is 0 Å². The van der Waals surface area contributed by atoms with Crippen molar-refractivity contribution in [1.82, 2.24) is 24.9 Å². The number of likely N-dealkylation sites (N-methyl/N-ethyl adjacent to an activating group) is 1. The first kappa shape index (κ1) is 12.8. The van der Waals surface area contributed by atoms with Crippen molar-refractivity contribution in [2.24, 2.45) is 7.05 Å². The Balaban J connectivity index is 2.18. The molecule has 98 valence electrons. The van der Waals surface area contributed by atoms with Crippen LogP contribution in [0.4, 0.5) is 0 Å². The van der Waals surface area contributed by atoms with Gasteiger partial charge in [0.2, 0.25) is 0 Å². The van der Waals surface area contributed by atoms with Gasteiger partial charge in [-0.15, -0.1) is 0 Å². The molecule has 0 spiro atoms. The largest absolute Gasteiger partial charge is 0.319 e. The number of nitrogens with one attached hydrogen (secondary N) is 1. The quantitative estimate of drug-likeness (QED) is 0.859. The highest BCUT2D eigenvalue weighted by atomic mass is 15.3. The van der Waals surface area contributed by atoms with E-state index in [0.29, 0.717) is 0 Å². The minimum absolute atomic E-state index is 0.792. The summed E-state index contributed by atoms with van der Waals surface area (Å²) in [5, 5.41) is 12.0. The monoisotopic (exact) mass is 247 g/mol. The molecular formula is C13H21N5. The number of hydrogen-bond donors (Lipinski definition) is 1. The Kier molecular flexibility index (Phi) is 3.81. The van der Waals surface area contributed by atoms with Crippen LogP contribution >= 0.6 is 0 Å². The van der Waals surface area contributed by atoms with Gasteiger partial charge in [0.15, 0.2) is 0 Å². The zero-order chi connectivity index (χ0) is 13.1. The smallest absolute Gasteiger partial charge is 0.0693 e. The predicted octanol–water partition coefficient (Wildman–Crippen LogP) is 1.04. The topological polar surface area (TPSA) is 47.7 Å². The van der Waals surface area contributed by atoms with E-state index in [4.69, 9.17) is 0 Å². The molecule has 2 aromatic rings. The summed E-state index contributed by atoms with van der Waals surface area (Å²) >= 11 is 0. The summed E-state index contributed by atoms with van der Waals surface area (Å²) in [6.07, 6.45) is 4.95. The minimum atomic E-state index is 0.792. The van der Waals surface area contributed by atoms with Gasteiger partial charge in [-0.1, -0.05) is 0 Å². The average Bonchev–Trinajstić information content (AvgIpc) is 2.84. The van der Waals surface area contributed by atoms with Crippen LogP contribution in [0.2, 0.25) is 0 Å². The van der Waals surface area contributed by atoms with Gasteiger partial charge < -0.3 is 5.32 Å². The Bertz CT molecular complexity index is 523. The lowest BCUT2D eigenvalue weighted by Crippen LogP contribution is -2.11. The molecule has 0 aliphatic rings. The van der Waals surface area contributed by atoms with Crippen molar-refractivity contribution >= 4 is 0 Å². The van der Waals surface area contributed by atoms with Crippen molar-refractivity contribution < 1.29 is 0 Å². The van der Waals surface area contributed by atoms with Crippen molar-refractivity contribution in [1.29, 1.82) is 0 Å². The van der Waals surface area contributed by atoms with E-state index < -0.39 is 0 Å². The zero-order valence-corrected chi connectivity index (χ0v) is 11.6. The molecule has 0 radical (unpaired) electrons. The molecule has 0 atom stereocenters. The number of rotatable bonds is 5. The van der Waals surface area contributed by atoms with Crippen molar-refractivity contribution in [3.8, 4) is 0 Å². The van der Waals surface area contributed by atoms with Crippen LogP contribution in [0.25, 0.3) is 0 Å². The third-order valence-corrected chi connectivity index (χ3v) is 3.25. The van der Waals surface area contributed by atoms with E-state index >= 15 is 0 Å². The molecule has 2 aromatic heterocycles. The van der Waals surface area contributed by atoms with Gasteiger partial charge in [0.1, 0.15) is 0 Å². The summed E-state index contributed by atoms with van der Waals surface area (Å²) in [6, 6.07) is 0.